The molecular weight excluding hydrogens is 937 g/mol. The minimum Gasteiger partial charge on any atom is -0.507 e. The van der Waals surface area contributed by atoms with Crippen molar-refractivity contribution in [3.05, 3.63) is 163 Å². The lowest BCUT2D eigenvalue weighted by atomic mass is 9.72. The summed E-state index contributed by atoms with van der Waals surface area (Å²) in [7, 11) is 0. The molecule has 4 N–H and O–H groups in total. The lowest BCUT2D eigenvalue weighted by Gasteiger charge is -2.33. The molecule has 0 spiro atoms. The second-order valence-corrected chi connectivity index (χ2v) is 31.3. The summed E-state index contributed by atoms with van der Waals surface area (Å²) in [5.74, 6) is -0.210. The highest BCUT2D eigenvalue weighted by Gasteiger charge is 2.38. The van der Waals surface area contributed by atoms with E-state index in [1.807, 2.05) is 0 Å². The third-order valence-corrected chi connectivity index (χ3v) is 17.0. The Morgan fingerprint density at radius 2 is 0.493 bits per heavy atom. The Hall–Kier alpha value is -5.26. The number of thiophene rings is 1. The molecule has 4 nitrogen and oxygen atoms in total. The number of phenols is 4. The van der Waals surface area contributed by atoms with Crippen LogP contribution in [0.2, 0.25) is 0 Å². The molecule has 1 heterocycles. The van der Waals surface area contributed by atoms with Gasteiger partial charge in [0, 0.05) is 54.3 Å². The Bertz CT molecular complexity index is 2940. The molecule has 0 amide bonds. The van der Waals surface area contributed by atoms with Gasteiger partial charge in [0.2, 0.25) is 0 Å². The highest BCUT2D eigenvalue weighted by Crippen LogP contribution is 2.55. The molecule has 0 aliphatic heterocycles. The maximum atomic E-state index is 13.0. The summed E-state index contributed by atoms with van der Waals surface area (Å²) in [6.07, 6.45) is 0. The van der Waals surface area contributed by atoms with Crippen LogP contribution in [0, 0.1) is 0 Å². The van der Waals surface area contributed by atoms with E-state index in [2.05, 4.69) is 251 Å². The highest BCUT2D eigenvalue weighted by atomic mass is 32.1. The van der Waals surface area contributed by atoms with Crippen molar-refractivity contribution in [2.75, 3.05) is 0 Å². The van der Waals surface area contributed by atoms with Crippen molar-refractivity contribution in [1.82, 2.24) is 0 Å². The SMILES string of the molecule is CC(C)(C)c1cc(C(c2cc(C(C)(C)C)cc(C(C)(C)C)c2O)c2cccc3c2sc2c(C(c4cc(C(C)(C)C)cc(C(C)(C)C)c4O)c4cc(C(C)(C)C)cc(C(C)(C)C)c4O)cccc23)c(O)c(C(C)(C)C)c1. The number of hydrogen-bond donors (Lipinski definition) is 4. The standard InChI is InChI=1S/C70H92O4S/c1-63(2,3)39-31-47(57(71)51(35-39)67(13,14)15)55(48-32-40(64(4,5)6)36-52(58(48)72)68(16,17)18)45-29-25-27-43-44-28-26-30-46(62(44)75-61(43)45)56(49-33-41(65(7,8)9)37-53(59(49)73)69(19,20)21)50-34-42(66(10,11)12)38-54(60(50)74)70(22,23)24/h25-38,55-56,71-74H,1-24H3. The third-order valence-electron chi connectivity index (χ3n) is 15.7. The second kappa shape index (κ2) is 18.7. The zero-order chi connectivity index (χ0) is 56.5. The molecule has 0 aliphatic rings. The molecule has 0 radical (unpaired) electrons. The summed E-state index contributed by atoms with van der Waals surface area (Å²) in [6, 6.07) is 30.6. The second-order valence-electron chi connectivity index (χ2n) is 30.3. The first kappa shape index (κ1) is 57.4. The van der Waals surface area contributed by atoms with Gasteiger partial charge in [-0.3, -0.25) is 0 Å². The molecule has 7 rings (SSSR count). The van der Waals surface area contributed by atoms with Gasteiger partial charge >= 0.3 is 0 Å². The van der Waals surface area contributed by atoms with Gasteiger partial charge in [-0.15, -0.1) is 11.3 Å². The molecule has 0 unspecified atom stereocenters. The van der Waals surface area contributed by atoms with Gasteiger partial charge < -0.3 is 20.4 Å². The predicted molar refractivity (Wildman–Crippen MR) is 323 cm³/mol. The molecule has 1 aromatic heterocycles. The first-order valence-electron chi connectivity index (χ1n) is 27.4. The molecule has 6 aromatic carbocycles. The Balaban J connectivity index is 1.72. The first-order chi connectivity index (χ1) is 33.9. The van der Waals surface area contributed by atoms with Crippen molar-refractivity contribution in [1.29, 1.82) is 0 Å². The topological polar surface area (TPSA) is 80.9 Å². The van der Waals surface area contributed by atoms with Crippen LogP contribution in [-0.4, -0.2) is 20.4 Å². The molecule has 0 aliphatic carbocycles. The molecule has 0 saturated carbocycles. The van der Waals surface area contributed by atoms with Gasteiger partial charge in [-0.1, -0.05) is 251 Å². The molecule has 7 aromatic rings. The molecule has 0 fully saturated rings. The van der Waals surface area contributed by atoms with E-state index in [9.17, 15) is 20.4 Å². The fourth-order valence-electron chi connectivity index (χ4n) is 10.9. The Morgan fingerprint density at radius 3 is 0.680 bits per heavy atom. The minimum atomic E-state index is -0.587. The molecule has 75 heavy (non-hydrogen) atoms. The maximum Gasteiger partial charge on any atom is 0.123 e. The summed E-state index contributed by atoms with van der Waals surface area (Å²) in [5, 5.41) is 54.1. The average molecular weight is 1030 g/mol. The van der Waals surface area contributed by atoms with Crippen LogP contribution in [-0.2, 0) is 43.3 Å². The lowest BCUT2D eigenvalue weighted by molar-refractivity contribution is 0.428. The van der Waals surface area contributed by atoms with Gasteiger partial charge in [-0.25, -0.2) is 0 Å². The van der Waals surface area contributed by atoms with Crippen LogP contribution in [0.3, 0.4) is 0 Å². The zero-order valence-electron chi connectivity index (χ0n) is 50.4. The summed E-state index contributed by atoms with van der Waals surface area (Å²) < 4.78 is 2.09. The van der Waals surface area contributed by atoms with E-state index in [1.54, 1.807) is 11.3 Å². The molecule has 0 bridgehead atoms. The van der Waals surface area contributed by atoms with Gasteiger partial charge in [0.05, 0.1) is 0 Å². The molecule has 402 valence electrons. The highest BCUT2D eigenvalue weighted by molar-refractivity contribution is 7.26. The average Bonchev–Trinajstić information content (AvgIpc) is 3.63. The van der Waals surface area contributed by atoms with Crippen molar-refractivity contribution >= 4 is 31.5 Å². The van der Waals surface area contributed by atoms with Crippen LogP contribution in [0.5, 0.6) is 23.0 Å². The lowest BCUT2D eigenvalue weighted by Crippen LogP contribution is -2.20. The number of rotatable bonds is 6. The fraction of sp³-hybridized carbons (Fsp3) is 0.486. The number of aromatic hydroxyl groups is 4. The van der Waals surface area contributed by atoms with E-state index in [1.165, 1.54) is 0 Å². The monoisotopic (exact) mass is 1030 g/mol. The summed E-state index contributed by atoms with van der Waals surface area (Å²) in [4.78, 5) is 0. The molecule has 0 atom stereocenters. The normalized spacial score (nSPS) is 13.8. The smallest absolute Gasteiger partial charge is 0.123 e. The molecular formula is C70H92O4S. The Kier molecular flexibility index (Phi) is 14.4. The predicted octanol–water partition coefficient (Wildman–Crippen LogP) is 19.6. The van der Waals surface area contributed by atoms with Gasteiger partial charge in [0.1, 0.15) is 23.0 Å². The van der Waals surface area contributed by atoms with Crippen molar-refractivity contribution < 1.29 is 20.4 Å². The van der Waals surface area contributed by atoms with E-state index >= 15 is 0 Å². The zero-order valence-corrected chi connectivity index (χ0v) is 51.3. The van der Waals surface area contributed by atoms with Crippen molar-refractivity contribution in [3.8, 4) is 23.0 Å². The van der Waals surface area contributed by atoms with Gasteiger partial charge in [0.15, 0.2) is 0 Å². The van der Waals surface area contributed by atoms with Crippen LogP contribution in [0.1, 0.15) is 256 Å². The largest absolute Gasteiger partial charge is 0.507 e. The van der Waals surface area contributed by atoms with E-state index in [0.717, 1.165) is 98.1 Å². The van der Waals surface area contributed by atoms with Crippen molar-refractivity contribution in [2.24, 2.45) is 0 Å². The maximum absolute atomic E-state index is 13.0. The number of benzene rings is 6. The van der Waals surface area contributed by atoms with E-state index in [-0.39, 0.29) is 44.7 Å². The molecule has 5 heteroatoms. The summed E-state index contributed by atoms with van der Waals surface area (Å²) >= 11 is 1.73. The first-order valence-corrected chi connectivity index (χ1v) is 28.2. The van der Waals surface area contributed by atoms with E-state index < -0.39 is 33.5 Å². The van der Waals surface area contributed by atoms with Crippen LogP contribution in [0.15, 0.2) is 84.9 Å². The van der Waals surface area contributed by atoms with Gasteiger partial charge in [0.25, 0.3) is 0 Å². The number of fused-ring (bicyclic) bond motifs is 3. The van der Waals surface area contributed by atoms with Crippen molar-refractivity contribution in [3.63, 3.8) is 0 Å². The quantitative estimate of drug-likeness (QED) is 0.125. The van der Waals surface area contributed by atoms with E-state index in [0.29, 0.717) is 0 Å². The number of phenolic OH excluding ortho intramolecular Hbond substituents is 4. The van der Waals surface area contributed by atoms with Crippen LogP contribution >= 0.6 is 11.3 Å². The van der Waals surface area contributed by atoms with Crippen LogP contribution in [0.25, 0.3) is 20.2 Å². The van der Waals surface area contributed by atoms with E-state index in [4.69, 9.17) is 0 Å². The summed E-state index contributed by atoms with van der Waals surface area (Å²) in [6.45, 7) is 52.6. The third kappa shape index (κ3) is 11.0. The fourth-order valence-corrected chi connectivity index (χ4v) is 12.2. The number of hydrogen-bond acceptors (Lipinski definition) is 5. The van der Waals surface area contributed by atoms with Crippen molar-refractivity contribution in [2.45, 2.75) is 221 Å². The summed E-state index contributed by atoms with van der Waals surface area (Å²) in [5.41, 5.74) is 10.3. The Morgan fingerprint density at radius 1 is 0.280 bits per heavy atom. The minimum absolute atomic E-state index is 0.241. The van der Waals surface area contributed by atoms with Crippen LogP contribution < -0.4 is 0 Å². The molecule has 0 saturated heterocycles. The van der Waals surface area contributed by atoms with Gasteiger partial charge in [-0.2, -0.15) is 0 Å². The van der Waals surface area contributed by atoms with Crippen LogP contribution in [0.4, 0.5) is 0 Å². The Labute approximate surface area is 456 Å². The van der Waals surface area contributed by atoms with Gasteiger partial charge in [-0.05, 0) is 99.0 Å².